The summed E-state index contributed by atoms with van der Waals surface area (Å²) < 4.78 is 53.3. The Morgan fingerprint density at radius 1 is 1.33 bits per heavy atom. The third-order valence-corrected chi connectivity index (χ3v) is 4.56. The molecule has 0 atom stereocenters. The molecular formula is C13H10F2N4O4S. The highest BCUT2D eigenvalue weighted by molar-refractivity contribution is 7.92. The number of nitrogens with zero attached hydrogens (tertiary/aromatic N) is 2. The Morgan fingerprint density at radius 2 is 2.08 bits per heavy atom. The van der Waals surface area contributed by atoms with Crippen LogP contribution in [0.2, 0.25) is 0 Å². The van der Waals surface area contributed by atoms with Crippen LogP contribution < -0.4 is 4.72 Å². The van der Waals surface area contributed by atoms with Gasteiger partial charge < -0.3 is 5.11 Å². The molecule has 0 amide bonds. The molecule has 0 radical (unpaired) electrons. The zero-order valence-corrected chi connectivity index (χ0v) is 12.6. The molecule has 0 unspecified atom stereocenters. The van der Waals surface area contributed by atoms with Crippen molar-refractivity contribution in [1.29, 1.82) is 0 Å². The Hall–Kier alpha value is -2.95. The zero-order valence-electron chi connectivity index (χ0n) is 11.8. The first-order valence-corrected chi connectivity index (χ1v) is 7.97. The Morgan fingerprint density at radius 3 is 2.71 bits per heavy atom. The molecule has 8 nitrogen and oxygen atoms in total. The number of carbonyl (C=O) groups is 1. The molecule has 0 aliphatic rings. The lowest BCUT2D eigenvalue weighted by Gasteiger charge is -2.08. The predicted octanol–water partition coefficient (Wildman–Crippen LogP) is 2.26. The standard InChI is InChI=1S/C13H10F2N4O4S/c14-13(15)19-5-4-7-8(2-1-3-10(7)19)18-24(22,23)11-6-9(12(20)21)16-17-11/h1-6,13,18H,(H,16,17)(H,20,21). The lowest BCUT2D eigenvalue weighted by molar-refractivity contribution is 0.0689. The largest absolute Gasteiger partial charge is 0.476 e. The van der Waals surface area contributed by atoms with Crippen LogP contribution >= 0.6 is 0 Å². The van der Waals surface area contributed by atoms with E-state index in [0.717, 1.165) is 12.3 Å². The number of benzene rings is 1. The first-order valence-electron chi connectivity index (χ1n) is 6.49. The average Bonchev–Trinajstić information content (AvgIpc) is 3.15. The number of rotatable bonds is 5. The summed E-state index contributed by atoms with van der Waals surface area (Å²) in [5, 5.41) is 14.1. The van der Waals surface area contributed by atoms with Gasteiger partial charge in [0.1, 0.15) is 0 Å². The lowest BCUT2D eigenvalue weighted by Crippen LogP contribution is -2.13. The van der Waals surface area contributed by atoms with Crippen molar-refractivity contribution in [2.45, 2.75) is 11.6 Å². The number of H-pyrrole nitrogens is 1. The van der Waals surface area contributed by atoms with E-state index < -0.39 is 33.3 Å². The van der Waals surface area contributed by atoms with Crippen molar-refractivity contribution >= 4 is 32.6 Å². The molecule has 0 aliphatic carbocycles. The lowest BCUT2D eigenvalue weighted by atomic mass is 10.2. The van der Waals surface area contributed by atoms with Gasteiger partial charge in [-0.2, -0.15) is 22.3 Å². The molecule has 3 aromatic rings. The van der Waals surface area contributed by atoms with Gasteiger partial charge in [0.2, 0.25) is 0 Å². The van der Waals surface area contributed by atoms with Crippen LogP contribution in [0.25, 0.3) is 10.9 Å². The van der Waals surface area contributed by atoms with Gasteiger partial charge in [-0.15, -0.1) is 0 Å². The third-order valence-electron chi connectivity index (χ3n) is 3.28. The number of alkyl halides is 2. The summed E-state index contributed by atoms with van der Waals surface area (Å²) in [5.41, 5.74) is -0.225. The summed E-state index contributed by atoms with van der Waals surface area (Å²) in [7, 11) is -4.16. The molecule has 0 saturated heterocycles. The van der Waals surface area contributed by atoms with Gasteiger partial charge in [-0.3, -0.25) is 14.4 Å². The molecular weight excluding hydrogens is 346 g/mol. The molecule has 11 heteroatoms. The number of hydrogen-bond acceptors (Lipinski definition) is 4. The fourth-order valence-electron chi connectivity index (χ4n) is 2.20. The number of aromatic amines is 1. The summed E-state index contributed by atoms with van der Waals surface area (Å²) >= 11 is 0. The monoisotopic (exact) mass is 356 g/mol. The first kappa shape index (κ1) is 15.9. The Balaban J connectivity index is 2.01. The highest BCUT2D eigenvalue weighted by Crippen LogP contribution is 2.29. The number of nitrogens with one attached hydrogen (secondary N) is 2. The highest BCUT2D eigenvalue weighted by Gasteiger charge is 2.21. The molecule has 0 aliphatic heterocycles. The molecule has 2 heterocycles. The third kappa shape index (κ3) is 2.69. The van der Waals surface area contributed by atoms with Crippen molar-refractivity contribution in [2.75, 3.05) is 4.72 Å². The van der Waals surface area contributed by atoms with Crippen molar-refractivity contribution in [3.8, 4) is 0 Å². The van der Waals surface area contributed by atoms with Crippen molar-refractivity contribution in [1.82, 2.24) is 14.8 Å². The summed E-state index contributed by atoms with van der Waals surface area (Å²) in [6, 6.07) is 6.47. The van der Waals surface area contributed by atoms with Crippen molar-refractivity contribution in [2.24, 2.45) is 0 Å². The Labute approximate surface area is 133 Å². The number of carboxylic acids is 1. The molecule has 0 fully saturated rings. The molecule has 3 N–H and O–H groups in total. The van der Waals surface area contributed by atoms with E-state index in [9.17, 15) is 22.0 Å². The molecule has 0 saturated carbocycles. The number of carboxylic acid groups (broad SMARTS) is 1. The van der Waals surface area contributed by atoms with Crippen LogP contribution in [0.3, 0.4) is 0 Å². The average molecular weight is 356 g/mol. The Bertz CT molecular complexity index is 1030. The molecule has 1 aromatic carbocycles. The Kier molecular flexibility index (Phi) is 3.72. The number of fused-ring (bicyclic) bond motifs is 1. The van der Waals surface area contributed by atoms with Gasteiger partial charge in [0, 0.05) is 17.6 Å². The van der Waals surface area contributed by atoms with Gasteiger partial charge >= 0.3 is 12.5 Å². The number of anilines is 1. The van der Waals surface area contributed by atoms with E-state index in [1.54, 1.807) is 0 Å². The van der Waals surface area contributed by atoms with Gasteiger partial charge in [0.05, 0.1) is 11.2 Å². The van der Waals surface area contributed by atoms with Gasteiger partial charge in [-0.05, 0) is 18.2 Å². The molecule has 2 aromatic heterocycles. The molecule has 0 bridgehead atoms. The van der Waals surface area contributed by atoms with Crippen LogP contribution in [-0.4, -0.2) is 34.3 Å². The normalized spacial score (nSPS) is 12.0. The summed E-state index contributed by atoms with van der Waals surface area (Å²) in [6.07, 6.45) is 1.14. The second-order valence-corrected chi connectivity index (χ2v) is 6.42. The number of aromatic carboxylic acids is 1. The highest BCUT2D eigenvalue weighted by atomic mass is 32.2. The van der Waals surface area contributed by atoms with Crippen molar-refractivity contribution in [3.05, 3.63) is 42.2 Å². The quantitative estimate of drug-likeness (QED) is 0.648. The number of sulfonamides is 1. The minimum absolute atomic E-state index is 0.0818. The van der Waals surface area contributed by atoms with Crippen LogP contribution in [-0.2, 0) is 10.0 Å². The SMILES string of the molecule is O=C(O)c1cc(S(=O)(=O)Nc2cccc3c2ccn3C(F)F)[nH]n1. The van der Waals surface area contributed by atoms with Gasteiger partial charge in [-0.25, -0.2) is 4.79 Å². The maximum atomic E-state index is 12.9. The maximum Gasteiger partial charge on any atom is 0.356 e. The summed E-state index contributed by atoms with van der Waals surface area (Å²) in [4.78, 5) is 10.8. The van der Waals surface area contributed by atoms with Crippen LogP contribution in [0, 0.1) is 0 Å². The number of hydrogen-bond donors (Lipinski definition) is 3. The molecule has 0 spiro atoms. The zero-order chi connectivity index (χ0) is 17.5. The van der Waals surface area contributed by atoms with Crippen LogP contribution in [0.4, 0.5) is 14.5 Å². The minimum atomic E-state index is -4.16. The fourth-order valence-corrected chi connectivity index (χ4v) is 3.21. The second-order valence-electron chi connectivity index (χ2n) is 4.77. The van der Waals surface area contributed by atoms with E-state index in [1.165, 1.54) is 24.3 Å². The van der Waals surface area contributed by atoms with E-state index in [-0.39, 0.29) is 16.6 Å². The molecule has 3 rings (SSSR count). The van der Waals surface area contributed by atoms with Crippen molar-refractivity contribution < 1.29 is 27.1 Å². The van der Waals surface area contributed by atoms with E-state index in [0.29, 0.717) is 4.57 Å². The topological polar surface area (TPSA) is 117 Å². The van der Waals surface area contributed by atoms with E-state index in [4.69, 9.17) is 5.11 Å². The first-order chi connectivity index (χ1) is 11.3. The van der Waals surface area contributed by atoms with Crippen LogP contribution in [0.15, 0.2) is 41.6 Å². The van der Waals surface area contributed by atoms with Gasteiger partial charge in [0.15, 0.2) is 10.7 Å². The van der Waals surface area contributed by atoms with Crippen molar-refractivity contribution in [3.63, 3.8) is 0 Å². The van der Waals surface area contributed by atoms with Gasteiger partial charge in [-0.1, -0.05) is 6.07 Å². The summed E-state index contributed by atoms with van der Waals surface area (Å²) in [5.74, 6) is -1.39. The van der Waals surface area contributed by atoms with E-state index in [1.807, 2.05) is 0 Å². The summed E-state index contributed by atoms with van der Waals surface area (Å²) in [6.45, 7) is -2.76. The molecule has 126 valence electrons. The smallest absolute Gasteiger partial charge is 0.356 e. The second kappa shape index (κ2) is 5.60. The molecule has 24 heavy (non-hydrogen) atoms. The van der Waals surface area contributed by atoms with E-state index >= 15 is 0 Å². The number of halogens is 2. The van der Waals surface area contributed by atoms with Crippen LogP contribution in [0.5, 0.6) is 0 Å². The van der Waals surface area contributed by atoms with Crippen LogP contribution in [0.1, 0.15) is 17.0 Å². The number of aromatic nitrogens is 3. The maximum absolute atomic E-state index is 12.9. The predicted molar refractivity (Wildman–Crippen MR) is 79.5 cm³/mol. The fraction of sp³-hybridized carbons (Fsp3) is 0.0769. The van der Waals surface area contributed by atoms with E-state index in [2.05, 4.69) is 14.9 Å². The van der Waals surface area contributed by atoms with Gasteiger partial charge in [0.25, 0.3) is 10.0 Å². The minimum Gasteiger partial charge on any atom is -0.476 e.